The zero-order chi connectivity index (χ0) is 20.5. The van der Waals surface area contributed by atoms with Crippen LogP contribution in [0.3, 0.4) is 0 Å². The summed E-state index contributed by atoms with van der Waals surface area (Å²) in [5.74, 6) is 0.250. The molecule has 0 atom stereocenters. The van der Waals surface area contributed by atoms with Crippen molar-refractivity contribution < 1.29 is 23.0 Å². The highest BCUT2D eigenvalue weighted by Gasteiger charge is 2.36. The Bertz CT molecular complexity index is 868. The van der Waals surface area contributed by atoms with Crippen molar-refractivity contribution in [2.45, 2.75) is 57.9 Å². The van der Waals surface area contributed by atoms with E-state index >= 15 is 0 Å². The average molecular weight is 406 g/mol. The number of likely N-dealkylation sites (tertiary alicyclic amines) is 1. The molecule has 5 nitrogen and oxygen atoms in total. The molecule has 1 aliphatic heterocycles. The standard InChI is InChI=1S/C22H28F2N2O3/c1-14-20(21(27)28-2)18-5-3-4-6-19(18)26(14)11-15-7-9-16(10-8-15)25-12-17(13-25)29-22(23)24/h3-6,15-17,22H,7-13H2,1-2H3. The summed E-state index contributed by atoms with van der Waals surface area (Å²) < 4.78 is 36.4. The van der Waals surface area contributed by atoms with Crippen LogP contribution < -0.4 is 0 Å². The maximum atomic E-state index is 12.3. The lowest BCUT2D eigenvalue weighted by Crippen LogP contribution is -2.57. The second kappa shape index (κ2) is 8.40. The van der Waals surface area contributed by atoms with Gasteiger partial charge >= 0.3 is 12.6 Å². The largest absolute Gasteiger partial charge is 0.465 e. The molecule has 29 heavy (non-hydrogen) atoms. The second-order valence-corrected chi connectivity index (χ2v) is 8.23. The van der Waals surface area contributed by atoms with Crippen LogP contribution in [0, 0.1) is 12.8 Å². The first-order valence-corrected chi connectivity index (χ1v) is 10.3. The molecule has 0 amide bonds. The van der Waals surface area contributed by atoms with Crippen molar-refractivity contribution >= 4 is 16.9 Å². The zero-order valence-corrected chi connectivity index (χ0v) is 16.9. The lowest BCUT2D eigenvalue weighted by atomic mass is 9.84. The number of alkyl halides is 2. The molecule has 2 aliphatic rings. The van der Waals surface area contributed by atoms with Gasteiger partial charge in [-0.05, 0) is 44.6 Å². The van der Waals surface area contributed by atoms with Crippen molar-refractivity contribution in [2.75, 3.05) is 20.2 Å². The highest BCUT2D eigenvalue weighted by Crippen LogP contribution is 2.34. The summed E-state index contributed by atoms with van der Waals surface area (Å²) >= 11 is 0. The van der Waals surface area contributed by atoms with Gasteiger partial charge in [0, 0.05) is 42.3 Å². The Balaban J connectivity index is 1.40. The SMILES string of the molecule is COC(=O)c1c(C)n(CC2CCC(N3CC(OC(F)F)C3)CC2)c2ccccc12. The van der Waals surface area contributed by atoms with Crippen LogP contribution in [0.4, 0.5) is 8.78 Å². The Morgan fingerprint density at radius 2 is 1.86 bits per heavy atom. The Morgan fingerprint density at radius 1 is 1.17 bits per heavy atom. The molecule has 1 saturated heterocycles. The molecular weight excluding hydrogens is 378 g/mol. The van der Waals surface area contributed by atoms with Crippen LogP contribution in [-0.4, -0.2) is 54.4 Å². The summed E-state index contributed by atoms with van der Waals surface area (Å²) in [4.78, 5) is 14.6. The fraction of sp³-hybridized carbons (Fsp3) is 0.591. The van der Waals surface area contributed by atoms with E-state index in [4.69, 9.17) is 4.74 Å². The van der Waals surface area contributed by atoms with E-state index in [1.165, 1.54) is 7.11 Å². The number of para-hydroxylation sites is 1. The lowest BCUT2D eigenvalue weighted by molar-refractivity contribution is -0.202. The van der Waals surface area contributed by atoms with Crippen LogP contribution in [0.25, 0.3) is 10.9 Å². The average Bonchev–Trinajstić information content (AvgIpc) is 2.96. The van der Waals surface area contributed by atoms with Gasteiger partial charge < -0.3 is 14.0 Å². The second-order valence-electron chi connectivity index (χ2n) is 8.23. The number of esters is 1. The monoisotopic (exact) mass is 406 g/mol. The van der Waals surface area contributed by atoms with Crippen LogP contribution in [0.15, 0.2) is 24.3 Å². The summed E-state index contributed by atoms with van der Waals surface area (Å²) in [5.41, 5.74) is 2.68. The van der Waals surface area contributed by atoms with Crippen LogP contribution in [-0.2, 0) is 16.0 Å². The van der Waals surface area contributed by atoms with E-state index in [1.54, 1.807) is 0 Å². The highest BCUT2D eigenvalue weighted by atomic mass is 19.3. The first-order valence-electron chi connectivity index (χ1n) is 10.3. The fourth-order valence-corrected chi connectivity index (χ4v) is 4.98. The number of fused-ring (bicyclic) bond motifs is 1. The molecule has 0 spiro atoms. The van der Waals surface area contributed by atoms with Crippen molar-refractivity contribution in [2.24, 2.45) is 5.92 Å². The van der Waals surface area contributed by atoms with Crippen molar-refractivity contribution in [1.29, 1.82) is 0 Å². The zero-order valence-electron chi connectivity index (χ0n) is 16.9. The van der Waals surface area contributed by atoms with Gasteiger partial charge in [0.2, 0.25) is 0 Å². The maximum absolute atomic E-state index is 12.3. The third-order valence-corrected chi connectivity index (χ3v) is 6.57. The first-order chi connectivity index (χ1) is 14.0. The number of ether oxygens (including phenoxy) is 2. The number of hydrogen-bond donors (Lipinski definition) is 0. The van der Waals surface area contributed by atoms with Crippen LogP contribution in [0.2, 0.25) is 0 Å². The number of aromatic nitrogens is 1. The summed E-state index contributed by atoms with van der Waals surface area (Å²) in [5, 5.41) is 0.941. The van der Waals surface area contributed by atoms with Crippen LogP contribution >= 0.6 is 0 Å². The number of carbonyl (C=O) groups is 1. The van der Waals surface area contributed by atoms with Crippen LogP contribution in [0.1, 0.15) is 41.7 Å². The van der Waals surface area contributed by atoms with Crippen molar-refractivity contribution in [3.8, 4) is 0 Å². The number of nitrogens with zero attached hydrogens (tertiary/aromatic N) is 2. The van der Waals surface area contributed by atoms with E-state index in [-0.39, 0.29) is 12.1 Å². The molecule has 2 fully saturated rings. The Hall–Kier alpha value is -1.99. The highest BCUT2D eigenvalue weighted by molar-refractivity contribution is 6.05. The third-order valence-electron chi connectivity index (χ3n) is 6.57. The van der Waals surface area contributed by atoms with Gasteiger partial charge in [-0.25, -0.2) is 4.79 Å². The summed E-state index contributed by atoms with van der Waals surface area (Å²) in [6.07, 6.45) is 4.03. The van der Waals surface area contributed by atoms with Crippen molar-refractivity contribution in [3.05, 3.63) is 35.5 Å². The minimum Gasteiger partial charge on any atom is -0.465 e. The predicted octanol–water partition coefficient (Wildman–Crippen LogP) is 4.22. The minimum atomic E-state index is -2.67. The number of rotatable bonds is 6. The van der Waals surface area contributed by atoms with Gasteiger partial charge in [0.15, 0.2) is 0 Å². The van der Waals surface area contributed by atoms with E-state index in [9.17, 15) is 13.6 Å². The predicted molar refractivity (Wildman–Crippen MR) is 106 cm³/mol. The third kappa shape index (κ3) is 4.03. The molecule has 158 valence electrons. The van der Waals surface area contributed by atoms with E-state index in [2.05, 4.69) is 20.3 Å². The number of halogens is 2. The molecule has 0 unspecified atom stereocenters. The van der Waals surface area contributed by atoms with E-state index < -0.39 is 6.61 Å². The minimum absolute atomic E-state index is 0.292. The van der Waals surface area contributed by atoms with Crippen molar-refractivity contribution in [1.82, 2.24) is 9.47 Å². The molecule has 0 N–H and O–H groups in total. The number of benzene rings is 1. The first kappa shape index (κ1) is 20.3. The van der Waals surface area contributed by atoms with Crippen molar-refractivity contribution in [3.63, 3.8) is 0 Å². The summed E-state index contributed by atoms with van der Waals surface area (Å²) in [6.45, 7) is 1.42. The number of methoxy groups -OCH3 is 1. The molecule has 4 rings (SSSR count). The van der Waals surface area contributed by atoms with E-state index in [0.29, 0.717) is 30.6 Å². The van der Waals surface area contributed by atoms with Gasteiger partial charge in [-0.1, -0.05) is 18.2 Å². The van der Waals surface area contributed by atoms with E-state index in [0.717, 1.165) is 48.8 Å². The van der Waals surface area contributed by atoms with E-state index in [1.807, 2.05) is 25.1 Å². The lowest BCUT2D eigenvalue weighted by Gasteiger charge is -2.46. The molecule has 2 heterocycles. The van der Waals surface area contributed by atoms with Gasteiger partial charge in [-0.15, -0.1) is 0 Å². The molecule has 1 aliphatic carbocycles. The van der Waals surface area contributed by atoms with Gasteiger partial charge in [0.25, 0.3) is 0 Å². The topological polar surface area (TPSA) is 43.7 Å². The van der Waals surface area contributed by atoms with Gasteiger partial charge in [-0.3, -0.25) is 4.90 Å². The summed E-state index contributed by atoms with van der Waals surface area (Å²) in [6, 6.07) is 8.45. The number of carbonyl (C=O) groups excluding carboxylic acids is 1. The number of hydrogen-bond acceptors (Lipinski definition) is 4. The molecule has 0 bridgehead atoms. The molecule has 1 saturated carbocycles. The Morgan fingerprint density at radius 3 is 2.52 bits per heavy atom. The quantitative estimate of drug-likeness (QED) is 0.674. The molecule has 0 radical (unpaired) electrons. The molecule has 2 aromatic rings. The van der Waals surface area contributed by atoms with Crippen LogP contribution in [0.5, 0.6) is 0 Å². The Labute approximate surface area is 169 Å². The molecule has 1 aromatic heterocycles. The Kier molecular flexibility index (Phi) is 5.88. The normalized spacial score (nSPS) is 23.5. The molecular formula is C22H28F2N2O3. The van der Waals surface area contributed by atoms with Gasteiger partial charge in [0.05, 0.1) is 18.8 Å². The van der Waals surface area contributed by atoms with Gasteiger partial charge in [0.1, 0.15) is 0 Å². The maximum Gasteiger partial charge on any atom is 0.345 e. The van der Waals surface area contributed by atoms with Gasteiger partial charge in [-0.2, -0.15) is 8.78 Å². The summed E-state index contributed by atoms with van der Waals surface area (Å²) in [7, 11) is 1.42. The fourth-order valence-electron chi connectivity index (χ4n) is 4.98. The molecule has 1 aromatic carbocycles. The molecule has 7 heteroatoms. The smallest absolute Gasteiger partial charge is 0.345 e.